The van der Waals surface area contributed by atoms with Crippen molar-refractivity contribution in [2.45, 2.75) is 43.8 Å². The maximum Gasteiger partial charge on any atom is 0.122 e. The molecule has 1 fully saturated rings. The van der Waals surface area contributed by atoms with Crippen LogP contribution in [0.1, 0.15) is 44.7 Å². The van der Waals surface area contributed by atoms with Gasteiger partial charge in [-0.25, -0.2) is 4.21 Å². The Bertz CT molecular complexity index is 472. The second-order valence-corrected chi connectivity index (χ2v) is 7.53. The van der Waals surface area contributed by atoms with Crippen LogP contribution in [0.4, 0.5) is 0 Å². The zero-order chi connectivity index (χ0) is 14.0. The van der Waals surface area contributed by atoms with E-state index in [0.29, 0.717) is 11.8 Å². The number of hydrogen-bond donors (Lipinski definition) is 1. The predicted octanol–water partition coefficient (Wildman–Crippen LogP) is 2.37. The van der Waals surface area contributed by atoms with Crippen molar-refractivity contribution in [2.24, 2.45) is 11.1 Å². The summed E-state index contributed by atoms with van der Waals surface area (Å²) >= 11 is 0. The lowest BCUT2D eigenvalue weighted by molar-refractivity contribution is 0.410. The highest BCUT2D eigenvalue weighted by Crippen LogP contribution is 2.46. The standard InChI is InChI=1S/C14H22N2O2S/c1-14(2,19(15)17)9-12(10-4-5-10)13-8-11(18-3)6-7-16-13/h6-8,10,12H,4-5,9,15H2,1-3H3/t12-,19?/m0/s1. The SMILES string of the molecule is COc1ccnc([C@@H](CC(C)(C)S(N)=O)C2CC2)c1. The number of methoxy groups -OCH3 is 1. The van der Waals surface area contributed by atoms with E-state index in [1.807, 2.05) is 26.0 Å². The van der Waals surface area contributed by atoms with Crippen LogP contribution in [-0.2, 0) is 11.0 Å². The van der Waals surface area contributed by atoms with Crippen LogP contribution in [0.2, 0.25) is 0 Å². The van der Waals surface area contributed by atoms with Gasteiger partial charge in [0.05, 0.1) is 22.8 Å². The summed E-state index contributed by atoms with van der Waals surface area (Å²) in [7, 11) is 0.332. The molecule has 1 aliphatic carbocycles. The van der Waals surface area contributed by atoms with E-state index >= 15 is 0 Å². The number of hydrogen-bond acceptors (Lipinski definition) is 3. The summed E-state index contributed by atoms with van der Waals surface area (Å²) in [4.78, 5) is 4.47. The molecule has 106 valence electrons. The molecule has 0 aliphatic heterocycles. The second-order valence-electron chi connectivity index (χ2n) is 5.83. The molecule has 1 unspecified atom stereocenters. The fourth-order valence-electron chi connectivity index (χ4n) is 2.38. The van der Waals surface area contributed by atoms with Gasteiger partial charge in [-0.3, -0.25) is 10.1 Å². The number of nitrogens with zero attached hydrogens (tertiary/aromatic N) is 1. The summed E-state index contributed by atoms with van der Waals surface area (Å²) in [5.74, 6) is 1.78. The fourth-order valence-corrected chi connectivity index (χ4v) is 2.72. The summed E-state index contributed by atoms with van der Waals surface area (Å²) in [5, 5.41) is 5.60. The first-order chi connectivity index (χ1) is 8.94. The van der Waals surface area contributed by atoms with Gasteiger partial charge in [0.15, 0.2) is 0 Å². The summed E-state index contributed by atoms with van der Waals surface area (Å²) in [5.41, 5.74) is 1.03. The van der Waals surface area contributed by atoms with Gasteiger partial charge in [0.25, 0.3) is 0 Å². The highest BCUT2D eigenvalue weighted by atomic mass is 32.2. The number of pyridine rings is 1. The van der Waals surface area contributed by atoms with Crippen LogP contribution < -0.4 is 9.88 Å². The quantitative estimate of drug-likeness (QED) is 0.871. The van der Waals surface area contributed by atoms with E-state index in [1.54, 1.807) is 13.3 Å². The number of ether oxygens (including phenoxy) is 1. The summed E-state index contributed by atoms with van der Waals surface area (Å²) in [6, 6.07) is 3.83. The Hall–Kier alpha value is -0.940. The maximum atomic E-state index is 11.6. The Kier molecular flexibility index (Phi) is 4.26. The third-order valence-electron chi connectivity index (χ3n) is 3.82. The fraction of sp³-hybridized carbons (Fsp3) is 0.643. The molecular formula is C14H22N2O2S. The molecule has 1 aromatic heterocycles. The Labute approximate surface area is 117 Å². The molecule has 2 atom stereocenters. The minimum absolute atomic E-state index is 0.317. The Morgan fingerprint density at radius 3 is 2.79 bits per heavy atom. The minimum Gasteiger partial charge on any atom is -0.497 e. The lowest BCUT2D eigenvalue weighted by Crippen LogP contribution is -2.34. The van der Waals surface area contributed by atoms with E-state index in [2.05, 4.69) is 4.98 Å². The average Bonchev–Trinajstić information content (AvgIpc) is 3.20. The van der Waals surface area contributed by atoms with Gasteiger partial charge in [0, 0.05) is 23.9 Å². The van der Waals surface area contributed by atoms with Crippen molar-refractivity contribution in [1.82, 2.24) is 4.98 Å². The van der Waals surface area contributed by atoms with E-state index in [9.17, 15) is 4.21 Å². The monoisotopic (exact) mass is 282 g/mol. The van der Waals surface area contributed by atoms with Crippen molar-refractivity contribution in [3.63, 3.8) is 0 Å². The molecule has 1 aromatic rings. The van der Waals surface area contributed by atoms with Gasteiger partial charge in [0.1, 0.15) is 5.75 Å². The van der Waals surface area contributed by atoms with Crippen LogP contribution in [0.15, 0.2) is 18.3 Å². The molecule has 5 heteroatoms. The van der Waals surface area contributed by atoms with Crippen molar-refractivity contribution in [3.8, 4) is 5.75 Å². The topological polar surface area (TPSA) is 65.2 Å². The Morgan fingerprint density at radius 1 is 1.58 bits per heavy atom. The van der Waals surface area contributed by atoms with E-state index in [1.165, 1.54) is 12.8 Å². The number of rotatable bonds is 6. The molecule has 0 spiro atoms. The third-order valence-corrected chi connectivity index (χ3v) is 5.07. The predicted molar refractivity (Wildman–Crippen MR) is 77.3 cm³/mol. The Balaban J connectivity index is 2.22. The van der Waals surface area contributed by atoms with Gasteiger partial charge in [-0.05, 0) is 45.1 Å². The normalized spacial score (nSPS) is 18.9. The zero-order valence-corrected chi connectivity index (χ0v) is 12.6. The lowest BCUT2D eigenvalue weighted by Gasteiger charge is -2.27. The van der Waals surface area contributed by atoms with Crippen molar-refractivity contribution >= 4 is 11.0 Å². The first-order valence-electron chi connectivity index (χ1n) is 6.60. The van der Waals surface area contributed by atoms with Crippen LogP contribution in [0.25, 0.3) is 0 Å². The van der Waals surface area contributed by atoms with E-state index < -0.39 is 15.7 Å². The van der Waals surface area contributed by atoms with E-state index in [0.717, 1.165) is 17.9 Å². The maximum absolute atomic E-state index is 11.6. The van der Waals surface area contributed by atoms with Gasteiger partial charge < -0.3 is 4.74 Å². The van der Waals surface area contributed by atoms with Gasteiger partial charge in [-0.1, -0.05) is 0 Å². The van der Waals surface area contributed by atoms with Crippen molar-refractivity contribution in [2.75, 3.05) is 7.11 Å². The average molecular weight is 282 g/mol. The van der Waals surface area contributed by atoms with Crippen molar-refractivity contribution in [1.29, 1.82) is 0 Å². The van der Waals surface area contributed by atoms with Crippen LogP contribution >= 0.6 is 0 Å². The van der Waals surface area contributed by atoms with E-state index in [-0.39, 0.29) is 0 Å². The van der Waals surface area contributed by atoms with Crippen LogP contribution in [-0.4, -0.2) is 21.0 Å². The zero-order valence-electron chi connectivity index (χ0n) is 11.8. The summed E-state index contributed by atoms with van der Waals surface area (Å²) in [6.45, 7) is 3.91. The summed E-state index contributed by atoms with van der Waals surface area (Å²) in [6.07, 6.45) is 5.00. The van der Waals surface area contributed by atoms with Gasteiger partial charge in [-0.2, -0.15) is 0 Å². The first-order valence-corrected chi connectivity index (χ1v) is 7.81. The second kappa shape index (κ2) is 5.59. The van der Waals surface area contributed by atoms with Crippen molar-refractivity contribution < 1.29 is 8.95 Å². The van der Waals surface area contributed by atoms with Gasteiger partial charge in [-0.15, -0.1) is 0 Å². The molecule has 4 nitrogen and oxygen atoms in total. The van der Waals surface area contributed by atoms with Crippen LogP contribution in [0.3, 0.4) is 0 Å². The smallest absolute Gasteiger partial charge is 0.122 e. The first kappa shape index (κ1) is 14.5. The largest absolute Gasteiger partial charge is 0.497 e. The molecule has 0 aromatic carbocycles. The van der Waals surface area contributed by atoms with Gasteiger partial charge >= 0.3 is 0 Å². The molecule has 1 aliphatic rings. The molecule has 0 amide bonds. The van der Waals surface area contributed by atoms with Crippen LogP contribution in [0.5, 0.6) is 5.75 Å². The molecule has 1 heterocycles. The molecule has 0 bridgehead atoms. The molecule has 2 N–H and O–H groups in total. The molecule has 19 heavy (non-hydrogen) atoms. The third kappa shape index (κ3) is 3.54. The van der Waals surface area contributed by atoms with Crippen LogP contribution in [0, 0.1) is 5.92 Å². The molecule has 0 radical (unpaired) electrons. The highest BCUT2D eigenvalue weighted by Gasteiger charge is 2.38. The van der Waals surface area contributed by atoms with E-state index in [4.69, 9.17) is 9.88 Å². The highest BCUT2D eigenvalue weighted by molar-refractivity contribution is 7.84. The molecule has 0 saturated heterocycles. The molecule has 2 rings (SSSR count). The minimum atomic E-state index is -1.33. The number of aromatic nitrogens is 1. The molecule has 1 saturated carbocycles. The van der Waals surface area contributed by atoms with Gasteiger partial charge in [0.2, 0.25) is 0 Å². The molecular weight excluding hydrogens is 260 g/mol. The number of nitrogens with two attached hydrogens (primary N) is 1. The lowest BCUT2D eigenvalue weighted by atomic mass is 9.89. The van der Waals surface area contributed by atoms with Crippen molar-refractivity contribution in [3.05, 3.63) is 24.0 Å². The Morgan fingerprint density at radius 2 is 2.26 bits per heavy atom. The summed E-state index contributed by atoms with van der Waals surface area (Å²) < 4.78 is 16.5.